The van der Waals surface area contributed by atoms with Gasteiger partial charge in [0, 0.05) is 17.7 Å². The molecule has 1 N–H and O–H groups in total. The van der Waals surface area contributed by atoms with Gasteiger partial charge in [0.05, 0.1) is 28.1 Å². The summed E-state index contributed by atoms with van der Waals surface area (Å²) in [4.78, 5) is 18.3. The van der Waals surface area contributed by atoms with Crippen molar-refractivity contribution >= 4 is 28.4 Å². The molecule has 0 atom stereocenters. The molecule has 8 heteroatoms. The fraction of sp³-hybridized carbons (Fsp3) is 0.172. The Morgan fingerprint density at radius 3 is 2.65 bits per heavy atom. The number of H-pyrrole nitrogens is 1. The van der Waals surface area contributed by atoms with E-state index in [1.165, 1.54) is 12.1 Å². The standard InChI is InChI=1S/C29H26N4O4/c1-4-6-22-14-21(15-23(17-30)29-31-25-12-7-19(3)13-26(25)32-29)16-27(36-5-2)28(22)37-18-20-8-10-24(11-9-20)33(34)35/h4,7-16H,1,5-6,18H2,2-3H3,(H,31,32). The number of aromatic nitrogens is 2. The van der Waals surface area contributed by atoms with E-state index in [-0.39, 0.29) is 12.3 Å². The largest absolute Gasteiger partial charge is 0.490 e. The van der Waals surface area contributed by atoms with Crippen molar-refractivity contribution in [3.63, 3.8) is 0 Å². The highest BCUT2D eigenvalue weighted by atomic mass is 16.6. The lowest BCUT2D eigenvalue weighted by molar-refractivity contribution is -0.384. The lowest BCUT2D eigenvalue weighted by Gasteiger charge is -2.17. The van der Waals surface area contributed by atoms with Crippen molar-refractivity contribution in [3.05, 3.63) is 105 Å². The molecule has 3 aromatic carbocycles. The molecule has 0 amide bonds. The smallest absolute Gasteiger partial charge is 0.269 e. The molecule has 4 rings (SSSR count). The van der Waals surface area contributed by atoms with Crippen molar-refractivity contribution in [2.24, 2.45) is 0 Å². The summed E-state index contributed by atoms with van der Waals surface area (Å²) in [5.41, 5.74) is 5.56. The molecule has 4 aromatic rings. The van der Waals surface area contributed by atoms with Gasteiger partial charge in [0.2, 0.25) is 0 Å². The van der Waals surface area contributed by atoms with E-state index in [1.54, 1.807) is 24.3 Å². The minimum atomic E-state index is -0.436. The van der Waals surface area contributed by atoms with Gasteiger partial charge in [-0.15, -0.1) is 6.58 Å². The second-order valence-corrected chi connectivity index (χ2v) is 8.42. The molecule has 0 saturated heterocycles. The van der Waals surface area contributed by atoms with E-state index in [1.807, 2.05) is 44.2 Å². The van der Waals surface area contributed by atoms with Gasteiger partial charge in [-0.25, -0.2) is 4.98 Å². The zero-order valence-corrected chi connectivity index (χ0v) is 20.7. The Balaban J connectivity index is 1.69. The Hall–Kier alpha value is -4.90. The first-order valence-electron chi connectivity index (χ1n) is 11.8. The Morgan fingerprint density at radius 2 is 1.97 bits per heavy atom. The van der Waals surface area contributed by atoms with E-state index in [0.29, 0.717) is 35.9 Å². The molecule has 0 bridgehead atoms. The Labute approximate surface area is 214 Å². The molecule has 1 heterocycles. The number of hydrogen-bond donors (Lipinski definition) is 1. The van der Waals surface area contributed by atoms with Gasteiger partial charge in [-0.1, -0.05) is 12.1 Å². The van der Waals surface area contributed by atoms with Gasteiger partial charge >= 0.3 is 0 Å². The van der Waals surface area contributed by atoms with Crippen molar-refractivity contribution in [3.8, 4) is 17.6 Å². The normalized spacial score (nSPS) is 11.2. The number of benzene rings is 3. The number of aryl methyl sites for hydroxylation is 1. The van der Waals surface area contributed by atoms with Crippen molar-refractivity contribution in [2.75, 3.05) is 6.61 Å². The van der Waals surface area contributed by atoms with Crippen LogP contribution in [-0.4, -0.2) is 21.5 Å². The van der Waals surface area contributed by atoms with Crippen molar-refractivity contribution < 1.29 is 14.4 Å². The Kier molecular flexibility index (Phi) is 7.65. The second kappa shape index (κ2) is 11.2. The monoisotopic (exact) mass is 494 g/mol. The molecule has 1 aromatic heterocycles. The van der Waals surface area contributed by atoms with Gasteiger partial charge in [0.25, 0.3) is 5.69 Å². The predicted octanol–water partition coefficient (Wildman–Crippen LogP) is 6.55. The average molecular weight is 495 g/mol. The maximum Gasteiger partial charge on any atom is 0.269 e. The molecule has 0 saturated carbocycles. The first-order valence-corrected chi connectivity index (χ1v) is 11.8. The number of fused-ring (bicyclic) bond motifs is 1. The van der Waals surface area contributed by atoms with Gasteiger partial charge in [0.1, 0.15) is 18.5 Å². The Bertz CT molecular complexity index is 1530. The number of non-ortho nitro benzene ring substituents is 1. The average Bonchev–Trinajstić information content (AvgIpc) is 3.30. The lowest BCUT2D eigenvalue weighted by Crippen LogP contribution is -2.03. The molecule has 8 nitrogen and oxygen atoms in total. The van der Waals surface area contributed by atoms with Crippen molar-refractivity contribution in [2.45, 2.75) is 26.9 Å². The summed E-state index contributed by atoms with van der Waals surface area (Å²) in [7, 11) is 0. The maximum absolute atomic E-state index is 10.9. The second-order valence-electron chi connectivity index (χ2n) is 8.42. The predicted molar refractivity (Wildman–Crippen MR) is 143 cm³/mol. The lowest BCUT2D eigenvalue weighted by atomic mass is 10.0. The molecular weight excluding hydrogens is 468 g/mol. The van der Waals surface area contributed by atoms with Gasteiger partial charge in [0.15, 0.2) is 11.5 Å². The van der Waals surface area contributed by atoms with Gasteiger partial charge in [-0.3, -0.25) is 10.1 Å². The summed E-state index contributed by atoms with van der Waals surface area (Å²) in [5, 5.41) is 20.8. The summed E-state index contributed by atoms with van der Waals surface area (Å²) in [5.74, 6) is 1.59. The maximum atomic E-state index is 10.9. The van der Waals surface area contributed by atoms with Crippen LogP contribution >= 0.6 is 0 Å². The van der Waals surface area contributed by atoms with Crippen LogP contribution in [0.3, 0.4) is 0 Å². The minimum absolute atomic E-state index is 0.0233. The summed E-state index contributed by atoms with van der Waals surface area (Å²) < 4.78 is 12.0. The van der Waals surface area contributed by atoms with E-state index in [9.17, 15) is 15.4 Å². The van der Waals surface area contributed by atoms with E-state index in [0.717, 1.165) is 33.3 Å². The number of imidazole rings is 1. The van der Waals surface area contributed by atoms with Crippen molar-refractivity contribution in [1.29, 1.82) is 5.26 Å². The van der Waals surface area contributed by atoms with Crippen LogP contribution in [0.5, 0.6) is 11.5 Å². The number of nitro benzene ring substituents is 1. The number of hydrogen-bond acceptors (Lipinski definition) is 6. The summed E-state index contributed by atoms with van der Waals surface area (Å²) >= 11 is 0. The number of ether oxygens (including phenoxy) is 2. The number of nitriles is 1. The van der Waals surface area contributed by atoms with E-state index >= 15 is 0 Å². The first kappa shape index (κ1) is 25.2. The minimum Gasteiger partial charge on any atom is -0.490 e. The van der Waals surface area contributed by atoms with Crippen LogP contribution in [0.1, 0.15) is 35.0 Å². The highest BCUT2D eigenvalue weighted by Crippen LogP contribution is 2.36. The van der Waals surface area contributed by atoms with Crippen LogP contribution in [0.2, 0.25) is 0 Å². The highest BCUT2D eigenvalue weighted by Gasteiger charge is 2.15. The third kappa shape index (κ3) is 5.85. The van der Waals surface area contributed by atoms with E-state index in [4.69, 9.17) is 9.47 Å². The molecule has 0 aliphatic carbocycles. The fourth-order valence-corrected chi connectivity index (χ4v) is 3.94. The fourth-order valence-electron chi connectivity index (χ4n) is 3.94. The zero-order chi connectivity index (χ0) is 26.4. The molecular formula is C29H26N4O4. The van der Waals surface area contributed by atoms with Crippen LogP contribution < -0.4 is 9.47 Å². The highest BCUT2D eigenvalue weighted by molar-refractivity contribution is 5.90. The molecule has 0 spiro atoms. The van der Waals surface area contributed by atoms with Gasteiger partial charge < -0.3 is 14.5 Å². The molecule has 186 valence electrons. The van der Waals surface area contributed by atoms with Crippen LogP contribution in [0.4, 0.5) is 5.69 Å². The van der Waals surface area contributed by atoms with E-state index < -0.39 is 4.92 Å². The van der Waals surface area contributed by atoms with Crippen LogP contribution in [0.25, 0.3) is 22.7 Å². The topological polar surface area (TPSA) is 114 Å². The number of nitrogens with one attached hydrogen (secondary N) is 1. The van der Waals surface area contributed by atoms with Crippen LogP contribution in [0.15, 0.2) is 67.3 Å². The number of nitrogens with zero attached hydrogens (tertiary/aromatic N) is 3. The van der Waals surface area contributed by atoms with E-state index in [2.05, 4.69) is 22.6 Å². The molecule has 0 aliphatic rings. The third-order valence-corrected chi connectivity index (χ3v) is 5.67. The molecule has 37 heavy (non-hydrogen) atoms. The van der Waals surface area contributed by atoms with Crippen LogP contribution in [0, 0.1) is 28.4 Å². The first-order chi connectivity index (χ1) is 17.9. The SMILES string of the molecule is C=CCc1cc(C=C(C#N)c2nc3ccc(C)cc3[nH]2)cc(OCC)c1OCc1ccc([N+](=O)[O-])cc1. The summed E-state index contributed by atoms with van der Waals surface area (Å²) in [6.45, 7) is 8.37. The van der Waals surface area contributed by atoms with Gasteiger partial charge in [-0.05, 0) is 79.4 Å². The Morgan fingerprint density at radius 1 is 1.19 bits per heavy atom. The number of allylic oxidation sites excluding steroid dienone is 2. The molecule has 0 radical (unpaired) electrons. The quantitative estimate of drug-likeness (QED) is 0.116. The number of rotatable bonds is 10. The van der Waals surface area contributed by atoms with Crippen LogP contribution in [-0.2, 0) is 13.0 Å². The molecule has 0 fully saturated rings. The number of aromatic amines is 1. The number of nitro groups is 1. The van der Waals surface area contributed by atoms with Crippen molar-refractivity contribution in [1.82, 2.24) is 9.97 Å². The summed E-state index contributed by atoms with van der Waals surface area (Å²) in [6.07, 6.45) is 4.05. The zero-order valence-electron chi connectivity index (χ0n) is 20.7. The summed E-state index contributed by atoms with van der Waals surface area (Å²) in [6, 6.07) is 18.1. The van der Waals surface area contributed by atoms with Gasteiger partial charge in [-0.2, -0.15) is 5.26 Å². The third-order valence-electron chi connectivity index (χ3n) is 5.67. The molecule has 0 aliphatic heterocycles. The molecule has 0 unspecified atom stereocenters.